The summed E-state index contributed by atoms with van der Waals surface area (Å²) < 4.78 is 26.4. The Hall–Kier alpha value is -3.55. The number of rotatable bonds is 5. The zero-order valence-electron chi connectivity index (χ0n) is 15.2. The first-order chi connectivity index (χ1) is 12.9. The highest BCUT2D eigenvalue weighted by Crippen LogP contribution is 2.44. The number of fused-ring (bicyclic) bond motifs is 1. The van der Waals surface area contributed by atoms with Crippen molar-refractivity contribution in [2.24, 2.45) is 0 Å². The maximum absolute atomic E-state index is 12.7. The zero-order chi connectivity index (χ0) is 19.7. The SMILES string of the molecule is COc1cc(-c2cc(=O)c3c(OC)c(OC)c(O)cc3o2)cc(OC)c1O. The lowest BCUT2D eigenvalue weighted by Gasteiger charge is -2.13. The number of phenols is 2. The highest BCUT2D eigenvalue weighted by Gasteiger charge is 2.21. The van der Waals surface area contributed by atoms with E-state index in [1.165, 1.54) is 52.7 Å². The molecule has 0 atom stereocenters. The van der Waals surface area contributed by atoms with Gasteiger partial charge in [0.2, 0.25) is 11.5 Å². The summed E-state index contributed by atoms with van der Waals surface area (Å²) in [4.78, 5) is 12.7. The van der Waals surface area contributed by atoms with Gasteiger partial charge in [0.05, 0.1) is 28.4 Å². The summed E-state index contributed by atoms with van der Waals surface area (Å²) in [6.45, 7) is 0. The van der Waals surface area contributed by atoms with Crippen LogP contribution in [0.3, 0.4) is 0 Å². The molecule has 0 aliphatic carbocycles. The summed E-state index contributed by atoms with van der Waals surface area (Å²) in [6, 6.07) is 5.55. The topological polar surface area (TPSA) is 108 Å². The Morgan fingerprint density at radius 2 is 1.41 bits per heavy atom. The molecule has 0 aliphatic rings. The number of benzene rings is 2. The van der Waals surface area contributed by atoms with Crippen molar-refractivity contribution in [1.82, 2.24) is 0 Å². The molecule has 142 valence electrons. The summed E-state index contributed by atoms with van der Waals surface area (Å²) >= 11 is 0. The van der Waals surface area contributed by atoms with Gasteiger partial charge < -0.3 is 33.6 Å². The average molecular weight is 374 g/mol. The molecule has 8 heteroatoms. The molecule has 3 aromatic rings. The smallest absolute Gasteiger partial charge is 0.204 e. The molecule has 8 nitrogen and oxygen atoms in total. The largest absolute Gasteiger partial charge is 0.504 e. The van der Waals surface area contributed by atoms with Crippen molar-refractivity contribution in [2.45, 2.75) is 0 Å². The van der Waals surface area contributed by atoms with Crippen LogP contribution in [0.2, 0.25) is 0 Å². The van der Waals surface area contributed by atoms with Crippen molar-refractivity contribution in [3.63, 3.8) is 0 Å². The van der Waals surface area contributed by atoms with Gasteiger partial charge in [0.15, 0.2) is 28.4 Å². The van der Waals surface area contributed by atoms with Crippen molar-refractivity contribution >= 4 is 11.0 Å². The van der Waals surface area contributed by atoms with Gasteiger partial charge in [-0.05, 0) is 12.1 Å². The second-order valence-electron chi connectivity index (χ2n) is 5.54. The summed E-state index contributed by atoms with van der Waals surface area (Å²) in [7, 11) is 5.50. The monoisotopic (exact) mass is 374 g/mol. The molecule has 0 fully saturated rings. The summed E-state index contributed by atoms with van der Waals surface area (Å²) in [5.41, 5.74) is 0.154. The van der Waals surface area contributed by atoms with E-state index in [1.807, 2.05) is 0 Å². The Morgan fingerprint density at radius 1 is 0.815 bits per heavy atom. The van der Waals surface area contributed by atoms with Gasteiger partial charge in [-0.1, -0.05) is 0 Å². The second-order valence-corrected chi connectivity index (χ2v) is 5.54. The summed E-state index contributed by atoms with van der Waals surface area (Å²) in [5.74, 6) is 0.214. The van der Waals surface area contributed by atoms with E-state index in [0.29, 0.717) is 5.56 Å². The van der Waals surface area contributed by atoms with Crippen molar-refractivity contribution in [2.75, 3.05) is 28.4 Å². The average Bonchev–Trinajstić information content (AvgIpc) is 2.66. The maximum Gasteiger partial charge on any atom is 0.204 e. The number of aromatic hydroxyl groups is 2. The first-order valence-electron chi connectivity index (χ1n) is 7.82. The minimum atomic E-state index is -0.396. The summed E-state index contributed by atoms with van der Waals surface area (Å²) in [5, 5.41) is 20.3. The van der Waals surface area contributed by atoms with Gasteiger partial charge in [0, 0.05) is 17.7 Å². The van der Waals surface area contributed by atoms with E-state index in [1.54, 1.807) is 0 Å². The molecule has 1 heterocycles. The molecule has 27 heavy (non-hydrogen) atoms. The number of phenolic OH excluding ortho intramolecular Hbond substituents is 2. The Morgan fingerprint density at radius 3 is 1.93 bits per heavy atom. The minimum Gasteiger partial charge on any atom is -0.504 e. The Kier molecular flexibility index (Phi) is 4.72. The molecule has 0 aliphatic heterocycles. The molecule has 1 aromatic heterocycles. The Labute approximate surface area is 154 Å². The van der Waals surface area contributed by atoms with Gasteiger partial charge in [-0.25, -0.2) is 0 Å². The third-order valence-corrected chi connectivity index (χ3v) is 4.08. The van der Waals surface area contributed by atoms with Gasteiger partial charge in [-0.2, -0.15) is 0 Å². The van der Waals surface area contributed by atoms with Crippen LogP contribution in [-0.4, -0.2) is 38.7 Å². The highest BCUT2D eigenvalue weighted by atomic mass is 16.5. The lowest BCUT2D eigenvalue weighted by molar-refractivity contribution is 0.335. The quantitative estimate of drug-likeness (QED) is 0.702. The molecule has 2 N–H and O–H groups in total. The van der Waals surface area contributed by atoms with E-state index < -0.39 is 5.43 Å². The van der Waals surface area contributed by atoms with E-state index in [9.17, 15) is 15.0 Å². The third kappa shape index (κ3) is 2.95. The molecule has 2 aromatic carbocycles. The molecule has 0 spiro atoms. The van der Waals surface area contributed by atoms with Crippen LogP contribution in [0, 0.1) is 0 Å². The predicted molar refractivity (Wildman–Crippen MR) is 97.5 cm³/mol. The predicted octanol–water partition coefficient (Wildman–Crippen LogP) is 2.91. The van der Waals surface area contributed by atoms with E-state index in [2.05, 4.69) is 0 Å². The molecule has 0 amide bonds. The second kappa shape index (κ2) is 6.99. The lowest BCUT2D eigenvalue weighted by atomic mass is 10.1. The van der Waals surface area contributed by atoms with Crippen LogP contribution in [-0.2, 0) is 0 Å². The molecule has 0 saturated heterocycles. The van der Waals surface area contributed by atoms with Crippen LogP contribution in [0.5, 0.6) is 34.5 Å². The fraction of sp³-hybridized carbons (Fsp3) is 0.211. The minimum absolute atomic E-state index is 0.0398. The van der Waals surface area contributed by atoms with Crippen LogP contribution in [0.25, 0.3) is 22.3 Å². The first kappa shape index (κ1) is 18.2. The number of methoxy groups -OCH3 is 4. The number of hydrogen-bond donors (Lipinski definition) is 2. The Balaban J connectivity index is 2.31. The fourth-order valence-corrected chi connectivity index (χ4v) is 2.83. The molecular weight excluding hydrogens is 356 g/mol. The lowest BCUT2D eigenvalue weighted by Crippen LogP contribution is -2.04. The molecule has 0 bridgehead atoms. The van der Waals surface area contributed by atoms with E-state index >= 15 is 0 Å². The third-order valence-electron chi connectivity index (χ3n) is 4.08. The van der Waals surface area contributed by atoms with Crippen LogP contribution in [0.1, 0.15) is 0 Å². The summed E-state index contributed by atoms with van der Waals surface area (Å²) in [6.07, 6.45) is 0. The van der Waals surface area contributed by atoms with Crippen molar-refractivity contribution < 1.29 is 33.6 Å². The van der Waals surface area contributed by atoms with Gasteiger partial charge in [-0.3, -0.25) is 4.79 Å². The van der Waals surface area contributed by atoms with Gasteiger partial charge >= 0.3 is 0 Å². The van der Waals surface area contributed by atoms with Gasteiger partial charge in [-0.15, -0.1) is 0 Å². The first-order valence-corrected chi connectivity index (χ1v) is 7.82. The molecule has 0 unspecified atom stereocenters. The number of ether oxygens (including phenoxy) is 4. The van der Waals surface area contributed by atoms with Gasteiger partial charge in [0.25, 0.3) is 0 Å². The van der Waals surface area contributed by atoms with Crippen molar-refractivity contribution in [3.05, 3.63) is 34.5 Å². The molecule has 3 rings (SSSR count). The van der Waals surface area contributed by atoms with Crippen LogP contribution in [0.4, 0.5) is 0 Å². The van der Waals surface area contributed by atoms with Crippen LogP contribution >= 0.6 is 0 Å². The van der Waals surface area contributed by atoms with E-state index in [-0.39, 0.29) is 51.2 Å². The fourth-order valence-electron chi connectivity index (χ4n) is 2.83. The van der Waals surface area contributed by atoms with E-state index in [4.69, 9.17) is 23.4 Å². The van der Waals surface area contributed by atoms with Crippen molar-refractivity contribution in [3.8, 4) is 45.8 Å². The van der Waals surface area contributed by atoms with Crippen LogP contribution in [0.15, 0.2) is 33.5 Å². The van der Waals surface area contributed by atoms with Crippen molar-refractivity contribution in [1.29, 1.82) is 0 Å². The highest BCUT2D eigenvalue weighted by molar-refractivity contribution is 5.90. The molecular formula is C19H18O8. The Bertz CT molecular complexity index is 1040. The van der Waals surface area contributed by atoms with Crippen LogP contribution < -0.4 is 24.4 Å². The molecule has 0 radical (unpaired) electrons. The normalized spacial score (nSPS) is 10.7. The number of hydrogen-bond acceptors (Lipinski definition) is 8. The standard InChI is InChI=1S/C19H18O8/c1-23-14-5-9(6-15(24-2)17(14)22)12-7-10(20)16-13(27-12)8-11(21)18(25-3)19(16)26-4/h5-8,21-22H,1-4H3. The maximum atomic E-state index is 12.7. The van der Waals surface area contributed by atoms with Gasteiger partial charge in [0.1, 0.15) is 16.7 Å². The zero-order valence-corrected chi connectivity index (χ0v) is 15.2. The van der Waals surface area contributed by atoms with E-state index in [0.717, 1.165) is 0 Å². The molecule has 0 saturated carbocycles.